The molecule has 0 aliphatic heterocycles. The fraction of sp³-hybridized carbons (Fsp3) is 0.571. The van der Waals surface area contributed by atoms with Gasteiger partial charge in [0.25, 0.3) is 5.88 Å². The summed E-state index contributed by atoms with van der Waals surface area (Å²) in [5, 5.41) is 4.21. The molecule has 0 fully saturated rings. The average Bonchev–Trinajstić information content (AvgIpc) is 2.53. The van der Waals surface area contributed by atoms with Crippen LogP contribution in [0.25, 0.3) is 0 Å². The van der Waals surface area contributed by atoms with Crippen molar-refractivity contribution in [2.45, 2.75) is 11.8 Å². The minimum Gasteiger partial charge on any atom is -0.475 e. The summed E-state index contributed by atoms with van der Waals surface area (Å²) in [5.41, 5.74) is 0. The molecule has 68 valence electrons. The third-order valence-electron chi connectivity index (χ3n) is 1.20. The van der Waals surface area contributed by atoms with Gasteiger partial charge in [-0.1, -0.05) is 15.9 Å². The van der Waals surface area contributed by atoms with Crippen LogP contribution in [0.2, 0.25) is 0 Å². The SMILES string of the molecule is FCCCOc1cc(CBr)on1. The number of halogens is 2. The van der Waals surface area contributed by atoms with E-state index in [1.807, 2.05) is 0 Å². The van der Waals surface area contributed by atoms with Crippen molar-refractivity contribution in [3.63, 3.8) is 0 Å². The van der Waals surface area contributed by atoms with E-state index in [2.05, 4.69) is 21.1 Å². The predicted octanol–water partition coefficient (Wildman–Crippen LogP) is 2.31. The lowest BCUT2D eigenvalue weighted by Crippen LogP contribution is -1.97. The number of ether oxygens (including phenoxy) is 1. The van der Waals surface area contributed by atoms with Crippen LogP contribution in [-0.2, 0) is 5.33 Å². The summed E-state index contributed by atoms with van der Waals surface area (Å²) >= 11 is 3.20. The van der Waals surface area contributed by atoms with Gasteiger partial charge < -0.3 is 9.26 Å². The Bertz CT molecular complexity index is 229. The molecule has 0 aliphatic carbocycles. The summed E-state index contributed by atoms with van der Waals surface area (Å²) in [7, 11) is 0. The van der Waals surface area contributed by atoms with Crippen LogP contribution in [0.4, 0.5) is 4.39 Å². The third-order valence-corrected chi connectivity index (χ3v) is 1.75. The van der Waals surface area contributed by atoms with E-state index in [1.165, 1.54) is 0 Å². The lowest BCUT2D eigenvalue weighted by molar-refractivity contribution is 0.259. The van der Waals surface area contributed by atoms with Crippen LogP contribution >= 0.6 is 15.9 Å². The van der Waals surface area contributed by atoms with Gasteiger partial charge in [0.2, 0.25) is 0 Å². The van der Waals surface area contributed by atoms with E-state index in [1.54, 1.807) is 6.07 Å². The Kier molecular flexibility index (Phi) is 4.07. The van der Waals surface area contributed by atoms with Crippen molar-refractivity contribution < 1.29 is 13.7 Å². The van der Waals surface area contributed by atoms with E-state index in [9.17, 15) is 4.39 Å². The van der Waals surface area contributed by atoms with Crippen LogP contribution in [0.1, 0.15) is 12.2 Å². The summed E-state index contributed by atoms with van der Waals surface area (Å²) in [4.78, 5) is 0. The van der Waals surface area contributed by atoms with Crippen molar-refractivity contribution in [1.82, 2.24) is 5.16 Å². The van der Waals surface area contributed by atoms with Crippen molar-refractivity contribution in [2.75, 3.05) is 13.3 Å². The molecule has 3 nitrogen and oxygen atoms in total. The predicted molar refractivity (Wildman–Crippen MR) is 45.2 cm³/mol. The van der Waals surface area contributed by atoms with E-state index >= 15 is 0 Å². The first kappa shape index (κ1) is 9.51. The normalized spacial score (nSPS) is 10.2. The van der Waals surface area contributed by atoms with Gasteiger partial charge in [0, 0.05) is 12.5 Å². The highest BCUT2D eigenvalue weighted by molar-refractivity contribution is 9.08. The lowest BCUT2D eigenvalue weighted by Gasteiger charge is -1.96. The molecule has 0 aromatic carbocycles. The molecular formula is C7H9BrFNO2. The molecule has 0 saturated heterocycles. The number of hydrogen-bond donors (Lipinski definition) is 0. The van der Waals surface area contributed by atoms with Crippen molar-refractivity contribution in [3.05, 3.63) is 11.8 Å². The number of nitrogens with zero attached hydrogens (tertiary/aromatic N) is 1. The summed E-state index contributed by atoms with van der Waals surface area (Å²) in [6.07, 6.45) is 0.385. The first-order chi connectivity index (χ1) is 5.86. The first-order valence-corrected chi connectivity index (χ1v) is 4.69. The zero-order valence-electron chi connectivity index (χ0n) is 6.43. The fourth-order valence-electron chi connectivity index (χ4n) is 0.656. The Balaban J connectivity index is 2.31. The van der Waals surface area contributed by atoms with E-state index in [0.717, 1.165) is 0 Å². The molecule has 1 aromatic heterocycles. The van der Waals surface area contributed by atoms with Crippen LogP contribution in [0, 0.1) is 0 Å². The fourth-order valence-corrected chi connectivity index (χ4v) is 0.921. The Morgan fingerprint density at radius 3 is 3.08 bits per heavy atom. The van der Waals surface area contributed by atoms with Crippen LogP contribution in [0.3, 0.4) is 0 Å². The first-order valence-electron chi connectivity index (χ1n) is 3.57. The summed E-state index contributed by atoms with van der Waals surface area (Å²) in [6.45, 7) is -0.0338. The molecule has 1 rings (SSSR count). The van der Waals surface area contributed by atoms with E-state index in [-0.39, 0.29) is 6.67 Å². The minimum atomic E-state index is -0.372. The second-order valence-electron chi connectivity index (χ2n) is 2.16. The number of rotatable bonds is 5. The molecular weight excluding hydrogens is 229 g/mol. The molecule has 0 N–H and O–H groups in total. The molecule has 5 heteroatoms. The number of alkyl halides is 2. The van der Waals surface area contributed by atoms with Gasteiger partial charge in [0.1, 0.15) is 0 Å². The van der Waals surface area contributed by atoms with Gasteiger partial charge in [-0.25, -0.2) is 0 Å². The van der Waals surface area contributed by atoms with Crippen molar-refractivity contribution in [1.29, 1.82) is 0 Å². The summed E-state index contributed by atoms with van der Waals surface area (Å²) in [6, 6.07) is 1.67. The molecule has 0 bridgehead atoms. The zero-order chi connectivity index (χ0) is 8.81. The molecule has 0 atom stereocenters. The maximum atomic E-state index is 11.6. The highest BCUT2D eigenvalue weighted by atomic mass is 79.9. The molecule has 0 spiro atoms. The van der Waals surface area contributed by atoms with Gasteiger partial charge >= 0.3 is 0 Å². The maximum absolute atomic E-state index is 11.6. The second kappa shape index (κ2) is 5.13. The van der Waals surface area contributed by atoms with Crippen molar-refractivity contribution >= 4 is 15.9 Å². The highest BCUT2D eigenvalue weighted by Crippen LogP contribution is 2.13. The van der Waals surface area contributed by atoms with Crippen LogP contribution in [-0.4, -0.2) is 18.4 Å². The Labute approximate surface area is 78.0 Å². The standard InChI is InChI=1S/C7H9BrFNO2/c8-5-6-4-7(10-12-6)11-3-1-2-9/h4H,1-3,5H2. The van der Waals surface area contributed by atoms with E-state index < -0.39 is 0 Å². The summed E-state index contributed by atoms with van der Waals surface area (Å²) < 4.78 is 21.5. The molecule has 12 heavy (non-hydrogen) atoms. The molecule has 0 unspecified atom stereocenters. The summed E-state index contributed by atoms with van der Waals surface area (Å²) in [5.74, 6) is 1.11. The minimum absolute atomic E-state index is 0.338. The van der Waals surface area contributed by atoms with Crippen LogP contribution in [0.5, 0.6) is 5.88 Å². The molecule has 0 amide bonds. The quantitative estimate of drug-likeness (QED) is 0.583. The van der Waals surface area contributed by atoms with Gasteiger partial charge in [0.15, 0.2) is 5.76 Å². The van der Waals surface area contributed by atoms with Gasteiger partial charge in [-0.3, -0.25) is 4.39 Å². The Hall–Kier alpha value is -0.580. The Morgan fingerprint density at radius 2 is 2.50 bits per heavy atom. The topological polar surface area (TPSA) is 35.3 Å². The van der Waals surface area contributed by atoms with Crippen molar-refractivity contribution in [2.24, 2.45) is 0 Å². The smallest absolute Gasteiger partial charge is 0.254 e. The highest BCUT2D eigenvalue weighted by Gasteiger charge is 2.02. The van der Waals surface area contributed by atoms with Gasteiger partial charge in [-0.2, -0.15) is 0 Å². The third kappa shape index (κ3) is 2.81. The molecule has 0 radical (unpaired) electrons. The van der Waals surface area contributed by atoms with E-state index in [0.29, 0.717) is 30.0 Å². The largest absolute Gasteiger partial charge is 0.475 e. The van der Waals surface area contributed by atoms with Gasteiger partial charge in [-0.15, -0.1) is 0 Å². The zero-order valence-corrected chi connectivity index (χ0v) is 8.01. The van der Waals surface area contributed by atoms with Crippen molar-refractivity contribution in [3.8, 4) is 5.88 Å². The molecule has 0 aliphatic rings. The average molecular weight is 238 g/mol. The van der Waals surface area contributed by atoms with Crippen LogP contribution < -0.4 is 4.74 Å². The molecule has 1 heterocycles. The number of aromatic nitrogens is 1. The second-order valence-corrected chi connectivity index (χ2v) is 2.72. The molecule has 1 aromatic rings. The Morgan fingerprint density at radius 1 is 1.67 bits per heavy atom. The van der Waals surface area contributed by atoms with Gasteiger partial charge in [0.05, 0.1) is 18.6 Å². The maximum Gasteiger partial charge on any atom is 0.254 e. The monoisotopic (exact) mass is 237 g/mol. The lowest BCUT2D eigenvalue weighted by atomic mass is 10.5. The molecule has 0 saturated carbocycles. The van der Waals surface area contributed by atoms with Crippen LogP contribution in [0.15, 0.2) is 10.6 Å². The van der Waals surface area contributed by atoms with Gasteiger partial charge in [-0.05, 0) is 5.16 Å². The number of hydrogen-bond acceptors (Lipinski definition) is 3. The van der Waals surface area contributed by atoms with E-state index in [4.69, 9.17) is 9.26 Å².